The Bertz CT molecular complexity index is 521. The predicted molar refractivity (Wildman–Crippen MR) is 77.6 cm³/mol. The molecule has 0 bridgehead atoms. The number of nitro benzene ring substituents is 1. The molecule has 3 rings (SSSR count). The van der Waals surface area contributed by atoms with Crippen LogP contribution in [0.2, 0.25) is 0 Å². The summed E-state index contributed by atoms with van der Waals surface area (Å²) in [6.45, 7) is 3.17. The molecular weight excluding hydrogens is 252 g/mol. The van der Waals surface area contributed by atoms with Crippen LogP contribution in [-0.2, 0) is 6.54 Å². The highest BCUT2D eigenvalue weighted by molar-refractivity contribution is 5.41. The van der Waals surface area contributed by atoms with Gasteiger partial charge in [0.05, 0.1) is 10.5 Å². The molecule has 0 amide bonds. The average molecular weight is 275 g/mol. The second kappa shape index (κ2) is 5.17. The third-order valence-electron chi connectivity index (χ3n) is 5.19. The summed E-state index contributed by atoms with van der Waals surface area (Å²) >= 11 is 0. The summed E-state index contributed by atoms with van der Waals surface area (Å²) in [5.41, 5.74) is 3.08. The van der Waals surface area contributed by atoms with E-state index in [0.717, 1.165) is 12.1 Å². The van der Waals surface area contributed by atoms with Crippen LogP contribution < -0.4 is 5.32 Å². The Hall–Kier alpha value is -1.42. The van der Waals surface area contributed by atoms with Crippen LogP contribution in [-0.4, -0.2) is 10.5 Å². The first-order valence-electron chi connectivity index (χ1n) is 7.71. The first-order valence-corrected chi connectivity index (χ1v) is 7.71. The fourth-order valence-electron chi connectivity index (χ4n) is 4.16. The van der Waals surface area contributed by atoms with Crippen LogP contribution in [0.5, 0.6) is 0 Å². The van der Waals surface area contributed by atoms with E-state index in [0.29, 0.717) is 11.5 Å². The largest absolute Gasteiger partial charge is 0.338 e. The number of nitrogens with two attached hydrogens (primary N) is 1. The fourth-order valence-corrected chi connectivity index (χ4v) is 4.16. The highest BCUT2D eigenvalue weighted by Crippen LogP contribution is 2.37. The van der Waals surface area contributed by atoms with E-state index in [1.165, 1.54) is 44.1 Å². The molecule has 108 valence electrons. The third-order valence-corrected chi connectivity index (χ3v) is 5.19. The molecule has 1 spiro atoms. The number of rotatable bonds is 1. The van der Waals surface area contributed by atoms with Crippen LogP contribution in [0.25, 0.3) is 0 Å². The van der Waals surface area contributed by atoms with Gasteiger partial charge in [0.2, 0.25) is 0 Å². The second-order valence-corrected chi connectivity index (χ2v) is 6.58. The lowest BCUT2D eigenvalue weighted by molar-refractivity contribution is -0.745. The number of hydrogen-bond acceptors (Lipinski definition) is 2. The SMILES string of the molecule is CC1CC2(CCCCC2)[NH2+]Cc2cc([N+](=O)[O-])ccc21. The molecule has 1 aliphatic heterocycles. The monoisotopic (exact) mass is 275 g/mol. The Labute approximate surface area is 119 Å². The van der Waals surface area contributed by atoms with Gasteiger partial charge in [-0.2, -0.15) is 0 Å². The number of non-ortho nitro benzene ring substituents is 1. The van der Waals surface area contributed by atoms with Crippen molar-refractivity contribution < 1.29 is 10.2 Å². The summed E-state index contributed by atoms with van der Waals surface area (Å²) in [6.07, 6.45) is 7.83. The molecule has 4 nitrogen and oxygen atoms in total. The van der Waals surface area contributed by atoms with Crippen LogP contribution in [0.15, 0.2) is 18.2 Å². The molecule has 4 heteroatoms. The highest BCUT2D eigenvalue weighted by Gasteiger charge is 2.39. The first kappa shape index (κ1) is 13.6. The molecule has 1 aromatic carbocycles. The summed E-state index contributed by atoms with van der Waals surface area (Å²) in [4.78, 5) is 10.7. The normalized spacial score (nSPS) is 24.9. The molecule has 2 aliphatic rings. The third kappa shape index (κ3) is 2.44. The van der Waals surface area contributed by atoms with Crippen molar-refractivity contribution in [2.24, 2.45) is 0 Å². The van der Waals surface area contributed by atoms with Crippen molar-refractivity contribution in [1.29, 1.82) is 0 Å². The van der Waals surface area contributed by atoms with E-state index < -0.39 is 0 Å². The molecule has 1 aromatic rings. The standard InChI is InChI=1S/C16H22N2O2/c1-12-10-16(7-3-2-4-8-16)17-11-13-9-14(18(19)20)5-6-15(12)13/h5-6,9,12,17H,2-4,7-8,10-11H2,1H3/p+1. The van der Waals surface area contributed by atoms with Gasteiger partial charge in [-0.25, -0.2) is 0 Å². The van der Waals surface area contributed by atoms with E-state index in [2.05, 4.69) is 12.2 Å². The zero-order valence-electron chi connectivity index (χ0n) is 12.1. The van der Waals surface area contributed by atoms with Gasteiger partial charge in [0.25, 0.3) is 5.69 Å². The minimum atomic E-state index is -0.286. The van der Waals surface area contributed by atoms with Crippen LogP contribution in [0, 0.1) is 10.1 Å². The van der Waals surface area contributed by atoms with Gasteiger partial charge in [0, 0.05) is 37.0 Å². The van der Waals surface area contributed by atoms with E-state index in [1.54, 1.807) is 12.1 Å². The van der Waals surface area contributed by atoms with Crippen molar-refractivity contribution in [1.82, 2.24) is 0 Å². The van der Waals surface area contributed by atoms with E-state index in [4.69, 9.17) is 0 Å². The predicted octanol–water partition coefficient (Wildman–Crippen LogP) is 2.87. The van der Waals surface area contributed by atoms with E-state index >= 15 is 0 Å². The Morgan fingerprint density at radius 2 is 2.05 bits per heavy atom. The maximum Gasteiger partial charge on any atom is 0.269 e. The van der Waals surface area contributed by atoms with E-state index in [1.807, 2.05) is 6.07 Å². The molecule has 20 heavy (non-hydrogen) atoms. The molecule has 1 heterocycles. The van der Waals surface area contributed by atoms with Crippen molar-refractivity contribution in [3.63, 3.8) is 0 Å². The van der Waals surface area contributed by atoms with Gasteiger partial charge in [-0.1, -0.05) is 19.4 Å². The number of hydrogen-bond donors (Lipinski definition) is 1. The Morgan fingerprint density at radius 1 is 1.30 bits per heavy atom. The molecule has 0 radical (unpaired) electrons. The molecule has 1 aliphatic carbocycles. The lowest BCUT2D eigenvalue weighted by Crippen LogP contribution is -2.95. The number of benzene rings is 1. The van der Waals surface area contributed by atoms with E-state index in [-0.39, 0.29) is 10.6 Å². The zero-order chi connectivity index (χ0) is 14.2. The van der Waals surface area contributed by atoms with Crippen molar-refractivity contribution in [2.75, 3.05) is 0 Å². The Balaban J connectivity index is 1.90. The van der Waals surface area contributed by atoms with Gasteiger partial charge in [0.15, 0.2) is 0 Å². The maximum absolute atomic E-state index is 10.9. The molecule has 1 saturated carbocycles. The number of quaternary nitrogens is 1. The lowest BCUT2D eigenvalue weighted by Gasteiger charge is -2.35. The van der Waals surface area contributed by atoms with Crippen molar-refractivity contribution in [3.8, 4) is 0 Å². The van der Waals surface area contributed by atoms with Crippen LogP contribution in [0.4, 0.5) is 5.69 Å². The maximum atomic E-state index is 10.9. The van der Waals surface area contributed by atoms with Crippen LogP contribution in [0.3, 0.4) is 0 Å². The summed E-state index contributed by atoms with van der Waals surface area (Å²) in [6, 6.07) is 5.42. The smallest absolute Gasteiger partial charge is 0.269 e. The van der Waals surface area contributed by atoms with Crippen LogP contribution in [0.1, 0.15) is 62.5 Å². The quantitative estimate of drug-likeness (QED) is 0.633. The lowest BCUT2D eigenvalue weighted by atomic mass is 9.75. The van der Waals surface area contributed by atoms with Gasteiger partial charge in [-0.15, -0.1) is 0 Å². The molecule has 1 unspecified atom stereocenters. The van der Waals surface area contributed by atoms with Gasteiger partial charge >= 0.3 is 0 Å². The fraction of sp³-hybridized carbons (Fsp3) is 0.625. The van der Waals surface area contributed by atoms with Crippen molar-refractivity contribution in [3.05, 3.63) is 39.4 Å². The number of nitro groups is 1. The van der Waals surface area contributed by atoms with Gasteiger partial charge in [0.1, 0.15) is 6.54 Å². The molecular formula is C16H23N2O2+. The van der Waals surface area contributed by atoms with Gasteiger partial charge in [-0.3, -0.25) is 10.1 Å². The van der Waals surface area contributed by atoms with Crippen molar-refractivity contribution >= 4 is 5.69 Å². The summed E-state index contributed by atoms with van der Waals surface area (Å²) in [7, 11) is 0. The highest BCUT2D eigenvalue weighted by atomic mass is 16.6. The molecule has 0 saturated heterocycles. The topological polar surface area (TPSA) is 59.8 Å². The Morgan fingerprint density at radius 3 is 2.75 bits per heavy atom. The van der Waals surface area contributed by atoms with Gasteiger partial charge < -0.3 is 5.32 Å². The molecule has 0 aromatic heterocycles. The number of nitrogens with zero attached hydrogens (tertiary/aromatic N) is 1. The minimum absolute atomic E-state index is 0.226. The first-order chi connectivity index (χ1) is 9.60. The minimum Gasteiger partial charge on any atom is -0.338 e. The molecule has 2 N–H and O–H groups in total. The zero-order valence-corrected chi connectivity index (χ0v) is 12.1. The molecule has 1 atom stereocenters. The summed E-state index contributed by atoms with van der Waals surface area (Å²) in [5.74, 6) is 0.502. The summed E-state index contributed by atoms with van der Waals surface area (Å²) in [5, 5.41) is 13.4. The second-order valence-electron chi connectivity index (χ2n) is 6.58. The van der Waals surface area contributed by atoms with Crippen molar-refractivity contribution in [2.45, 2.75) is 63.5 Å². The van der Waals surface area contributed by atoms with Gasteiger partial charge in [-0.05, 0) is 24.3 Å². The van der Waals surface area contributed by atoms with Crippen LogP contribution >= 0.6 is 0 Å². The average Bonchev–Trinajstić information content (AvgIpc) is 2.57. The Kier molecular flexibility index (Phi) is 3.50. The number of fused-ring (bicyclic) bond motifs is 1. The van der Waals surface area contributed by atoms with E-state index in [9.17, 15) is 10.1 Å². The molecule has 1 fully saturated rings. The summed E-state index contributed by atoms with van der Waals surface area (Å²) < 4.78 is 0.